The lowest BCUT2D eigenvalue weighted by Crippen LogP contribution is -2.47. The third-order valence-electron chi connectivity index (χ3n) is 4.62. The second-order valence-corrected chi connectivity index (χ2v) is 6.55. The molecule has 2 N–H and O–H groups in total. The van der Waals surface area contributed by atoms with Crippen molar-refractivity contribution >= 4 is 28.8 Å². The van der Waals surface area contributed by atoms with Gasteiger partial charge in [-0.15, -0.1) is 0 Å². The van der Waals surface area contributed by atoms with E-state index in [1.807, 2.05) is 44.2 Å². The van der Waals surface area contributed by atoms with Crippen LogP contribution in [0, 0.1) is 5.92 Å². The fraction of sp³-hybridized carbons (Fsp3) is 0.286. The molecule has 28 heavy (non-hydrogen) atoms. The first-order chi connectivity index (χ1) is 13.5. The Morgan fingerprint density at radius 1 is 1.18 bits per heavy atom. The minimum Gasteiger partial charge on any atom is -0.467 e. The number of hydrogen-bond acceptors (Lipinski definition) is 5. The van der Waals surface area contributed by atoms with Crippen molar-refractivity contribution < 1.29 is 18.7 Å². The number of carbonyl (C=O) groups excluding carboxylic acids is 2. The first kappa shape index (κ1) is 19.4. The van der Waals surface area contributed by atoms with Gasteiger partial charge in [-0.05, 0) is 36.2 Å². The maximum Gasteiger partial charge on any atom is 0.328 e. The molecular weight excluding hydrogens is 358 g/mol. The van der Waals surface area contributed by atoms with Gasteiger partial charge in [-0.3, -0.25) is 0 Å². The number of rotatable bonds is 6. The molecule has 0 saturated carbocycles. The predicted molar refractivity (Wildman–Crippen MR) is 107 cm³/mol. The number of fused-ring (bicyclic) bond motifs is 1. The molecule has 0 spiro atoms. The number of amides is 2. The summed E-state index contributed by atoms with van der Waals surface area (Å²) in [5, 5.41) is 5.43. The molecule has 0 aliphatic carbocycles. The Kier molecular flexibility index (Phi) is 5.93. The van der Waals surface area contributed by atoms with Crippen molar-refractivity contribution in [3.8, 4) is 11.5 Å². The zero-order valence-electron chi connectivity index (χ0n) is 16.1. The average molecular weight is 381 g/mol. The van der Waals surface area contributed by atoms with Crippen molar-refractivity contribution in [1.29, 1.82) is 0 Å². The molecule has 1 aromatic heterocycles. The monoisotopic (exact) mass is 381 g/mol. The van der Waals surface area contributed by atoms with Gasteiger partial charge in [0.05, 0.1) is 7.11 Å². The highest BCUT2D eigenvalue weighted by atomic mass is 16.5. The van der Waals surface area contributed by atoms with Gasteiger partial charge < -0.3 is 19.8 Å². The summed E-state index contributed by atoms with van der Waals surface area (Å²) in [5.41, 5.74) is 2.76. The predicted octanol–water partition coefficient (Wildman–Crippen LogP) is 4.20. The molecule has 3 aromatic rings. The molecule has 3 rings (SSSR count). The van der Waals surface area contributed by atoms with E-state index in [9.17, 15) is 9.59 Å². The molecule has 1 heterocycles. The van der Waals surface area contributed by atoms with Crippen molar-refractivity contribution in [2.75, 3.05) is 12.4 Å². The number of methoxy groups -OCH3 is 1. The molecule has 0 aliphatic rings. The molecule has 0 saturated heterocycles. The number of carbonyl (C=O) groups is 2. The molecule has 146 valence electrons. The van der Waals surface area contributed by atoms with Crippen LogP contribution in [0.3, 0.4) is 0 Å². The smallest absolute Gasteiger partial charge is 0.328 e. The summed E-state index contributed by atoms with van der Waals surface area (Å²) in [6, 6.07) is 13.5. The molecule has 7 heteroatoms. The topological polar surface area (TPSA) is 93.5 Å². The van der Waals surface area contributed by atoms with E-state index < -0.39 is 18.0 Å². The Morgan fingerprint density at radius 3 is 2.68 bits per heavy atom. The molecule has 0 fully saturated rings. The van der Waals surface area contributed by atoms with Crippen molar-refractivity contribution in [2.24, 2.45) is 5.92 Å². The molecule has 2 atom stereocenters. The summed E-state index contributed by atoms with van der Waals surface area (Å²) < 4.78 is 10.6. The third-order valence-corrected chi connectivity index (χ3v) is 4.62. The van der Waals surface area contributed by atoms with E-state index in [2.05, 4.69) is 15.6 Å². The third kappa shape index (κ3) is 4.31. The number of nitrogens with one attached hydrogen (secondary N) is 2. The quantitative estimate of drug-likeness (QED) is 0.624. The van der Waals surface area contributed by atoms with E-state index in [1.54, 1.807) is 18.2 Å². The Hall–Kier alpha value is -3.35. The van der Waals surface area contributed by atoms with Gasteiger partial charge in [0.1, 0.15) is 11.6 Å². The lowest BCUT2D eigenvalue weighted by Gasteiger charge is -2.22. The SMILES string of the molecule is CC[C@@H](C)[C@H](NC(=O)Nc1cccc(-c2nc3ccccc3o2)c1)C(=O)OC. The summed E-state index contributed by atoms with van der Waals surface area (Å²) in [6.07, 6.45) is 0.729. The average Bonchev–Trinajstić information content (AvgIpc) is 3.15. The van der Waals surface area contributed by atoms with Gasteiger partial charge in [0, 0.05) is 11.3 Å². The number of ether oxygens (including phenoxy) is 1. The first-order valence-electron chi connectivity index (χ1n) is 9.13. The standard InChI is InChI=1S/C21H23N3O4/c1-4-13(2)18(20(25)27-3)24-21(26)22-15-9-7-8-14(12-15)19-23-16-10-5-6-11-17(16)28-19/h5-13,18H,4H2,1-3H3,(H2,22,24,26)/t13-,18+/m1/s1. The molecule has 2 aromatic carbocycles. The number of anilines is 1. The van der Waals surface area contributed by atoms with Crippen LogP contribution in [0.15, 0.2) is 52.9 Å². The van der Waals surface area contributed by atoms with Crippen LogP contribution >= 0.6 is 0 Å². The fourth-order valence-electron chi connectivity index (χ4n) is 2.83. The largest absolute Gasteiger partial charge is 0.467 e. The second-order valence-electron chi connectivity index (χ2n) is 6.55. The number of aromatic nitrogens is 1. The number of urea groups is 1. The van der Waals surface area contributed by atoms with Crippen LogP contribution in [0.1, 0.15) is 20.3 Å². The number of oxazole rings is 1. The lowest BCUT2D eigenvalue weighted by molar-refractivity contribution is -0.144. The van der Waals surface area contributed by atoms with Gasteiger partial charge in [0.2, 0.25) is 5.89 Å². The van der Waals surface area contributed by atoms with Crippen molar-refractivity contribution in [3.05, 3.63) is 48.5 Å². The van der Waals surface area contributed by atoms with Crippen molar-refractivity contribution in [1.82, 2.24) is 10.3 Å². The van der Waals surface area contributed by atoms with E-state index >= 15 is 0 Å². The van der Waals surface area contributed by atoms with Crippen LogP contribution in [0.2, 0.25) is 0 Å². The number of benzene rings is 2. The van der Waals surface area contributed by atoms with E-state index in [4.69, 9.17) is 9.15 Å². The summed E-state index contributed by atoms with van der Waals surface area (Å²) in [6.45, 7) is 3.83. The van der Waals surface area contributed by atoms with Crippen LogP contribution in [-0.4, -0.2) is 30.1 Å². The summed E-state index contributed by atoms with van der Waals surface area (Å²) in [5.74, 6) is -0.0497. The highest BCUT2D eigenvalue weighted by Crippen LogP contribution is 2.26. The van der Waals surface area contributed by atoms with Crippen LogP contribution in [0.25, 0.3) is 22.6 Å². The highest BCUT2D eigenvalue weighted by Gasteiger charge is 2.26. The normalized spacial score (nSPS) is 13.0. The summed E-state index contributed by atoms with van der Waals surface area (Å²) >= 11 is 0. The van der Waals surface area contributed by atoms with Crippen LogP contribution in [0.4, 0.5) is 10.5 Å². The van der Waals surface area contributed by atoms with Crippen molar-refractivity contribution in [2.45, 2.75) is 26.3 Å². The first-order valence-corrected chi connectivity index (χ1v) is 9.13. The van der Waals surface area contributed by atoms with Crippen molar-refractivity contribution in [3.63, 3.8) is 0 Å². The van der Waals surface area contributed by atoms with Gasteiger partial charge >= 0.3 is 12.0 Å². The van der Waals surface area contributed by atoms with Gasteiger partial charge in [0.15, 0.2) is 5.58 Å². The minimum atomic E-state index is -0.713. The Morgan fingerprint density at radius 2 is 1.96 bits per heavy atom. The lowest BCUT2D eigenvalue weighted by atomic mass is 9.99. The molecule has 0 aliphatic heterocycles. The minimum absolute atomic E-state index is 0.0516. The number of para-hydroxylation sites is 2. The van der Waals surface area contributed by atoms with E-state index in [0.29, 0.717) is 17.2 Å². The van der Waals surface area contributed by atoms with Gasteiger partial charge in [0.25, 0.3) is 0 Å². The van der Waals surface area contributed by atoms with Gasteiger partial charge in [-0.1, -0.05) is 38.5 Å². The van der Waals surface area contributed by atoms with Crippen LogP contribution in [-0.2, 0) is 9.53 Å². The van der Waals surface area contributed by atoms with Gasteiger partial charge in [-0.2, -0.15) is 0 Å². The molecule has 0 bridgehead atoms. The molecule has 0 radical (unpaired) electrons. The molecule has 2 amide bonds. The van der Waals surface area contributed by atoms with E-state index in [0.717, 1.165) is 17.5 Å². The van der Waals surface area contributed by atoms with E-state index in [1.165, 1.54) is 7.11 Å². The Bertz CT molecular complexity index is 949. The highest BCUT2D eigenvalue weighted by molar-refractivity contribution is 5.93. The Balaban J connectivity index is 1.75. The zero-order chi connectivity index (χ0) is 20.1. The fourth-order valence-corrected chi connectivity index (χ4v) is 2.83. The number of hydrogen-bond donors (Lipinski definition) is 2. The molecular formula is C21H23N3O4. The maximum absolute atomic E-state index is 12.4. The summed E-state index contributed by atoms with van der Waals surface area (Å²) in [4.78, 5) is 28.8. The molecule has 0 unspecified atom stereocenters. The molecule has 7 nitrogen and oxygen atoms in total. The summed E-state index contributed by atoms with van der Waals surface area (Å²) in [7, 11) is 1.31. The van der Waals surface area contributed by atoms with Crippen LogP contribution in [0.5, 0.6) is 0 Å². The number of nitrogens with zero attached hydrogens (tertiary/aromatic N) is 1. The maximum atomic E-state index is 12.4. The van der Waals surface area contributed by atoms with Crippen LogP contribution < -0.4 is 10.6 Å². The van der Waals surface area contributed by atoms with Gasteiger partial charge in [-0.25, -0.2) is 14.6 Å². The van der Waals surface area contributed by atoms with E-state index in [-0.39, 0.29) is 5.92 Å². The number of esters is 1. The Labute approximate surface area is 163 Å². The zero-order valence-corrected chi connectivity index (χ0v) is 16.1. The second kappa shape index (κ2) is 8.56.